The van der Waals surface area contributed by atoms with Crippen LogP contribution in [-0.4, -0.2) is 45.7 Å². The molecule has 2 aliphatic carbocycles. The van der Waals surface area contributed by atoms with E-state index in [1.54, 1.807) is 7.11 Å². The number of carboxylic acid groups (broad SMARTS) is 1. The van der Waals surface area contributed by atoms with Crippen LogP contribution < -0.4 is 19.8 Å². The summed E-state index contributed by atoms with van der Waals surface area (Å²) in [6.45, 7) is -0.249. The van der Waals surface area contributed by atoms with Crippen LogP contribution in [0.25, 0.3) is 0 Å². The van der Waals surface area contributed by atoms with Crippen molar-refractivity contribution < 1.29 is 33.4 Å². The summed E-state index contributed by atoms with van der Waals surface area (Å²) in [5.74, 6) is -3.38. The van der Waals surface area contributed by atoms with Gasteiger partial charge in [-0.05, 0) is 90.4 Å². The fourth-order valence-electron chi connectivity index (χ4n) is 8.32. The van der Waals surface area contributed by atoms with E-state index in [1.165, 1.54) is 69.8 Å². The molecule has 2 saturated carbocycles. The van der Waals surface area contributed by atoms with Gasteiger partial charge in [-0.3, -0.25) is 28.6 Å². The zero-order chi connectivity index (χ0) is 33.4. The highest BCUT2D eigenvalue weighted by Crippen LogP contribution is 2.69. The lowest BCUT2D eigenvalue weighted by Gasteiger charge is -2.43. The summed E-state index contributed by atoms with van der Waals surface area (Å²) in [7, 11) is 1.59. The van der Waals surface area contributed by atoms with Crippen LogP contribution in [0.2, 0.25) is 0 Å². The molecular weight excluding hydrogens is 658 g/mol. The zero-order valence-corrected chi connectivity index (χ0v) is 27.0. The van der Waals surface area contributed by atoms with E-state index in [1.807, 2.05) is 24.3 Å². The lowest BCUT2D eigenvalue weighted by Crippen LogP contribution is -2.43. The van der Waals surface area contributed by atoms with E-state index in [0.29, 0.717) is 28.6 Å². The molecule has 3 heterocycles. The first-order valence-corrected chi connectivity index (χ1v) is 17.1. The molecule has 1 saturated heterocycles. The maximum atomic E-state index is 14.0. The summed E-state index contributed by atoms with van der Waals surface area (Å²) in [6, 6.07) is 18.8. The van der Waals surface area contributed by atoms with Crippen molar-refractivity contribution in [3.8, 4) is 5.75 Å². The van der Waals surface area contributed by atoms with Gasteiger partial charge in [0, 0.05) is 21.7 Å². The Morgan fingerprint density at radius 3 is 2.25 bits per heavy atom. The summed E-state index contributed by atoms with van der Waals surface area (Å²) in [4.78, 5) is 67.6. The average molecular weight is 686 g/mol. The topological polar surface area (TPSA) is 135 Å². The number of carbonyl (C=O) groups is 4. The Morgan fingerprint density at radius 2 is 1.60 bits per heavy atom. The number of benzene rings is 3. The van der Waals surface area contributed by atoms with Crippen molar-refractivity contribution in [2.75, 3.05) is 17.3 Å². The molecule has 4 aromatic rings. The number of nitrogens with zero attached hydrogens (tertiary/aromatic N) is 2. The number of fused-ring (bicyclic) bond motifs is 9. The molecule has 2 aliphatic heterocycles. The standard InChI is InChI=1S/C35H28FN3O7S2/c1-46-21-12-4-16(5-13-21)25-26-22-14-23(28-27(22)31(41)39(32(28)42)20-10-6-18(36)7-11-20)29(26)47-33-30(25)48-35(45)38(33)15-24(40)37-19-8-2-17(3-9-19)34(43)44/h2-13,22-23,25-29H,14-15H2,1H3,(H,37,40)(H,43,44). The van der Waals surface area contributed by atoms with Gasteiger partial charge in [-0.15, -0.1) is 11.8 Å². The minimum Gasteiger partial charge on any atom is -0.497 e. The molecule has 7 unspecified atom stereocenters. The summed E-state index contributed by atoms with van der Waals surface area (Å²) in [6.07, 6.45) is 0.699. The number of imide groups is 1. The largest absolute Gasteiger partial charge is 0.497 e. The smallest absolute Gasteiger partial charge is 0.335 e. The molecule has 2 N–H and O–H groups in total. The Morgan fingerprint density at radius 1 is 0.938 bits per heavy atom. The molecule has 0 spiro atoms. The second kappa shape index (κ2) is 11.4. The number of anilines is 2. The normalized spacial score (nSPS) is 26.6. The van der Waals surface area contributed by atoms with Crippen LogP contribution in [0.15, 0.2) is 82.6 Å². The molecule has 0 radical (unpaired) electrons. The lowest BCUT2D eigenvalue weighted by atomic mass is 9.68. The second-order valence-corrected chi connectivity index (χ2v) is 14.7. The summed E-state index contributed by atoms with van der Waals surface area (Å²) in [5.41, 5.74) is 1.81. The van der Waals surface area contributed by atoms with E-state index in [2.05, 4.69) is 5.32 Å². The molecule has 8 rings (SSSR count). The van der Waals surface area contributed by atoms with Crippen LogP contribution >= 0.6 is 23.1 Å². The van der Waals surface area contributed by atoms with Gasteiger partial charge in [-0.2, -0.15) is 0 Å². The number of amides is 3. The van der Waals surface area contributed by atoms with Gasteiger partial charge in [0.2, 0.25) is 17.7 Å². The van der Waals surface area contributed by atoms with Crippen LogP contribution in [0.5, 0.6) is 5.75 Å². The molecule has 4 aliphatic rings. The highest BCUT2D eigenvalue weighted by Gasteiger charge is 2.69. The Kier molecular flexibility index (Phi) is 7.29. The molecule has 13 heteroatoms. The number of halogens is 1. The van der Waals surface area contributed by atoms with E-state index < -0.39 is 29.5 Å². The number of thiazole rings is 1. The Balaban J connectivity index is 1.15. The number of thioether (sulfide) groups is 1. The van der Waals surface area contributed by atoms with Gasteiger partial charge in [-0.25, -0.2) is 9.18 Å². The summed E-state index contributed by atoms with van der Waals surface area (Å²) in [5, 5.41) is 12.5. The first-order valence-electron chi connectivity index (χ1n) is 15.5. The van der Waals surface area contributed by atoms with Gasteiger partial charge in [0.05, 0.1) is 35.2 Å². The molecular formula is C35H28FN3O7S2. The van der Waals surface area contributed by atoms with Crippen molar-refractivity contribution >= 4 is 58.2 Å². The molecule has 1 aromatic heterocycles. The number of carbonyl (C=O) groups excluding carboxylic acids is 3. The maximum Gasteiger partial charge on any atom is 0.335 e. The molecule has 48 heavy (non-hydrogen) atoms. The SMILES string of the molecule is COc1ccc(C2c3sc(=O)n(CC(=O)Nc4ccc(C(=O)O)cc4)c3SC3C4CC(C5C(=O)N(c6ccc(F)cc6)C(=O)C45)C23)cc1. The third-order valence-electron chi connectivity index (χ3n) is 10.2. The number of aromatic nitrogens is 1. The molecule has 7 atom stereocenters. The minimum atomic E-state index is -1.08. The average Bonchev–Trinajstić information content (AvgIpc) is 3.80. The maximum absolute atomic E-state index is 14.0. The van der Waals surface area contributed by atoms with Crippen LogP contribution in [0.1, 0.15) is 33.1 Å². The third kappa shape index (κ3) is 4.70. The van der Waals surface area contributed by atoms with Crippen molar-refractivity contribution in [2.45, 2.75) is 29.2 Å². The van der Waals surface area contributed by atoms with Gasteiger partial charge in [0.15, 0.2) is 0 Å². The second-order valence-electron chi connectivity index (χ2n) is 12.6. The fourth-order valence-corrected chi connectivity index (χ4v) is 11.5. The van der Waals surface area contributed by atoms with Crippen LogP contribution in [0.4, 0.5) is 15.8 Å². The van der Waals surface area contributed by atoms with E-state index in [0.717, 1.165) is 21.8 Å². The predicted octanol–water partition coefficient (Wildman–Crippen LogP) is 5.07. The van der Waals surface area contributed by atoms with E-state index in [9.17, 15) is 33.5 Å². The van der Waals surface area contributed by atoms with Gasteiger partial charge < -0.3 is 15.2 Å². The van der Waals surface area contributed by atoms with Crippen molar-refractivity contribution in [1.29, 1.82) is 0 Å². The fraction of sp³-hybridized carbons (Fsp3) is 0.286. The van der Waals surface area contributed by atoms with Crippen LogP contribution in [0, 0.1) is 35.4 Å². The summed E-state index contributed by atoms with van der Waals surface area (Å²) >= 11 is 2.62. The Bertz CT molecular complexity index is 2040. The van der Waals surface area contributed by atoms with Crippen molar-refractivity contribution in [1.82, 2.24) is 4.57 Å². The van der Waals surface area contributed by atoms with Crippen molar-refractivity contribution in [3.05, 3.63) is 104 Å². The molecule has 10 nitrogen and oxygen atoms in total. The zero-order valence-electron chi connectivity index (χ0n) is 25.4. The first kappa shape index (κ1) is 30.6. The van der Waals surface area contributed by atoms with Gasteiger partial charge >= 0.3 is 10.8 Å². The monoisotopic (exact) mass is 685 g/mol. The number of nitrogens with one attached hydrogen (secondary N) is 1. The Labute approximate surface area is 281 Å². The Hall–Kier alpha value is -4.75. The number of hydrogen-bond acceptors (Lipinski definition) is 8. The highest BCUT2D eigenvalue weighted by atomic mass is 32.2. The van der Waals surface area contributed by atoms with Gasteiger partial charge in [0.25, 0.3) is 0 Å². The molecule has 3 aromatic carbocycles. The molecule has 3 fully saturated rings. The number of aromatic carboxylic acids is 1. The lowest BCUT2D eigenvalue weighted by molar-refractivity contribution is -0.123. The number of methoxy groups -OCH3 is 1. The number of carboxylic acids is 1. The van der Waals surface area contributed by atoms with Crippen LogP contribution in [0.3, 0.4) is 0 Å². The van der Waals surface area contributed by atoms with E-state index >= 15 is 0 Å². The minimum absolute atomic E-state index is 0.0415. The number of hydrogen-bond donors (Lipinski definition) is 2. The van der Waals surface area contributed by atoms with Crippen molar-refractivity contribution in [2.24, 2.45) is 29.6 Å². The molecule has 244 valence electrons. The number of rotatable bonds is 7. The van der Waals surface area contributed by atoms with Gasteiger partial charge in [0.1, 0.15) is 18.1 Å². The van der Waals surface area contributed by atoms with Gasteiger partial charge in [-0.1, -0.05) is 23.5 Å². The molecule has 3 amide bonds. The quantitative estimate of drug-likeness (QED) is 0.258. The van der Waals surface area contributed by atoms with E-state index in [4.69, 9.17) is 4.74 Å². The third-order valence-corrected chi connectivity index (χ3v) is 13.0. The highest BCUT2D eigenvalue weighted by molar-refractivity contribution is 8.00. The summed E-state index contributed by atoms with van der Waals surface area (Å²) < 4.78 is 20.6. The first-order chi connectivity index (χ1) is 23.1. The molecule has 2 bridgehead atoms. The van der Waals surface area contributed by atoms with E-state index in [-0.39, 0.29) is 57.7 Å². The van der Waals surface area contributed by atoms with Crippen molar-refractivity contribution in [3.63, 3.8) is 0 Å². The predicted molar refractivity (Wildman–Crippen MR) is 176 cm³/mol. The van der Waals surface area contributed by atoms with Crippen LogP contribution in [-0.2, 0) is 20.9 Å². The number of ether oxygens (including phenoxy) is 1.